The van der Waals surface area contributed by atoms with Gasteiger partial charge in [0, 0.05) is 28.5 Å². The number of benzene rings is 1. The Labute approximate surface area is 184 Å². The highest BCUT2D eigenvalue weighted by Gasteiger charge is 2.45. The van der Waals surface area contributed by atoms with Gasteiger partial charge in [-0.1, -0.05) is 13.8 Å². The average Bonchev–Trinajstić information content (AvgIpc) is 3.35. The Kier molecular flexibility index (Phi) is 3.91. The van der Waals surface area contributed by atoms with Crippen molar-refractivity contribution in [1.82, 2.24) is 9.55 Å². The Morgan fingerprint density at radius 1 is 1.22 bits per heavy atom. The summed E-state index contributed by atoms with van der Waals surface area (Å²) >= 11 is 0. The molecule has 3 aliphatic rings. The van der Waals surface area contributed by atoms with Crippen LogP contribution in [0, 0.1) is 0 Å². The van der Waals surface area contributed by atoms with Gasteiger partial charge in [-0.25, -0.2) is 9.78 Å². The van der Waals surface area contributed by atoms with Crippen molar-refractivity contribution in [2.45, 2.75) is 64.9 Å². The predicted molar refractivity (Wildman–Crippen MR) is 118 cm³/mol. The van der Waals surface area contributed by atoms with Crippen LogP contribution in [0.5, 0.6) is 5.75 Å². The topological polar surface area (TPSA) is 90.6 Å². The summed E-state index contributed by atoms with van der Waals surface area (Å²) < 4.78 is 12.8. The molecule has 0 amide bonds. The summed E-state index contributed by atoms with van der Waals surface area (Å²) in [6.45, 7) is 6.19. The highest BCUT2D eigenvalue weighted by molar-refractivity contribution is 5.93. The lowest BCUT2D eigenvalue weighted by Crippen LogP contribution is -2.44. The minimum atomic E-state index is -1.82. The molecular weight excluding hydrogens is 408 g/mol. The van der Waals surface area contributed by atoms with Gasteiger partial charge in [0.2, 0.25) is 0 Å². The van der Waals surface area contributed by atoms with Crippen LogP contribution in [0.3, 0.4) is 0 Å². The van der Waals surface area contributed by atoms with E-state index in [1.165, 1.54) is 11.1 Å². The summed E-state index contributed by atoms with van der Waals surface area (Å²) in [5.74, 6) is 0.203. The van der Waals surface area contributed by atoms with Crippen LogP contribution in [0.15, 0.2) is 23.0 Å². The minimum Gasteiger partial charge on any atom is -0.490 e. The molecule has 0 aliphatic carbocycles. The molecule has 32 heavy (non-hydrogen) atoms. The van der Waals surface area contributed by atoms with Gasteiger partial charge in [-0.15, -0.1) is 0 Å². The fourth-order valence-corrected chi connectivity index (χ4v) is 5.57. The number of cyclic esters (lactones) is 1. The first kappa shape index (κ1) is 19.5. The van der Waals surface area contributed by atoms with Gasteiger partial charge in [0.05, 0.1) is 29.0 Å². The van der Waals surface area contributed by atoms with Crippen LogP contribution in [0.2, 0.25) is 0 Å². The zero-order valence-corrected chi connectivity index (χ0v) is 18.3. The van der Waals surface area contributed by atoms with Gasteiger partial charge in [0.25, 0.3) is 5.56 Å². The standard InChI is InChI=1S/C25H24N2O5/c1-4-13-15-10-27-19(9-17-16(23(27)28)11-31-24(29)25(17,30)5-2)22(15)26-18-6-7-20-14(21(13)18)8-12(3)32-20/h6-7,9,12,30H,4-5,8,10-11H2,1-3H3/t12?,25-/m0/s1. The van der Waals surface area contributed by atoms with Gasteiger partial charge in [-0.05, 0) is 43.5 Å². The van der Waals surface area contributed by atoms with Gasteiger partial charge < -0.3 is 19.1 Å². The Morgan fingerprint density at radius 2 is 2.03 bits per heavy atom. The summed E-state index contributed by atoms with van der Waals surface area (Å²) in [4.78, 5) is 30.8. The van der Waals surface area contributed by atoms with Crippen LogP contribution in [0.4, 0.5) is 0 Å². The number of carbonyl (C=O) groups excluding carboxylic acids is 1. The van der Waals surface area contributed by atoms with Gasteiger partial charge in [-0.3, -0.25) is 4.79 Å². The molecule has 1 N–H and O–H groups in total. The second-order valence-electron chi connectivity index (χ2n) is 8.94. The number of hydrogen-bond acceptors (Lipinski definition) is 6. The third-order valence-corrected chi connectivity index (χ3v) is 7.21. The lowest BCUT2D eigenvalue weighted by atomic mass is 9.86. The monoisotopic (exact) mass is 432 g/mol. The van der Waals surface area contributed by atoms with E-state index in [0.717, 1.165) is 40.8 Å². The van der Waals surface area contributed by atoms with Crippen LogP contribution in [0.25, 0.3) is 22.3 Å². The van der Waals surface area contributed by atoms with Crippen molar-refractivity contribution in [3.8, 4) is 17.1 Å². The van der Waals surface area contributed by atoms with Crippen LogP contribution >= 0.6 is 0 Å². The molecule has 0 fully saturated rings. The maximum atomic E-state index is 13.4. The van der Waals surface area contributed by atoms with Crippen LogP contribution in [-0.4, -0.2) is 26.7 Å². The summed E-state index contributed by atoms with van der Waals surface area (Å²) in [6.07, 6.45) is 1.90. The number of rotatable bonds is 2. The first-order chi connectivity index (χ1) is 15.4. The third-order valence-electron chi connectivity index (χ3n) is 7.21. The fraction of sp³-hybridized carbons (Fsp3) is 0.400. The molecule has 0 saturated carbocycles. The number of esters is 1. The van der Waals surface area contributed by atoms with E-state index in [1.807, 2.05) is 12.1 Å². The average molecular weight is 432 g/mol. The number of fused-ring (bicyclic) bond motifs is 7. The molecule has 3 aliphatic heterocycles. The Morgan fingerprint density at radius 3 is 2.78 bits per heavy atom. The quantitative estimate of drug-likeness (QED) is 0.490. The number of hydrogen-bond donors (Lipinski definition) is 1. The Bertz CT molecular complexity index is 1410. The zero-order valence-electron chi connectivity index (χ0n) is 18.3. The van der Waals surface area contributed by atoms with Crippen molar-refractivity contribution < 1.29 is 19.4 Å². The number of pyridine rings is 2. The summed E-state index contributed by atoms with van der Waals surface area (Å²) in [7, 11) is 0. The van der Waals surface area contributed by atoms with E-state index in [0.29, 0.717) is 23.4 Å². The van der Waals surface area contributed by atoms with Crippen molar-refractivity contribution in [3.63, 3.8) is 0 Å². The van der Waals surface area contributed by atoms with E-state index in [2.05, 4.69) is 13.8 Å². The van der Waals surface area contributed by atoms with Gasteiger partial charge in [-0.2, -0.15) is 0 Å². The van der Waals surface area contributed by atoms with Gasteiger partial charge in [0.1, 0.15) is 18.5 Å². The molecule has 1 aromatic carbocycles. The Balaban J connectivity index is 1.65. The number of nitrogens with zero attached hydrogens (tertiary/aromatic N) is 2. The van der Waals surface area contributed by atoms with Crippen LogP contribution < -0.4 is 10.3 Å². The highest BCUT2D eigenvalue weighted by Crippen LogP contribution is 2.43. The molecule has 164 valence electrons. The molecule has 1 unspecified atom stereocenters. The molecule has 7 nitrogen and oxygen atoms in total. The molecule has 2 aromatic heterocycles. The summed E-state index contributed by atoms with van der Waals surface area (Å²) in [5, 5.41) is 12.2. The number of aryl methyl sites for hydroxylation is 1. The predicted octanol–water partition coefficient (Wildman–Crippen LogP) is 2.97. The molecule has 7 heteroatoms. The van der Waals surface area contributed by atoms with Crippen molar-refractivity contribution in [3.05, 3.63) is 56.4 Å². The first-order valence-electron chi connectivity index (χ1n) is 11.2. The number of ether oxygens (including phenoxy) is 2. The number of carbonyl (C=O) groups is 1. The SMILES string of the molecule is CCc1c2c(nc3ccc4c(c13)CC(C)O4)-c1cc3c(c(=O)n1C2)COC(=O)[C@]3(O)CC. The summed E-state index contributed by atoms with van der Waals surface area (Å²) in [5.41, 5.74) is 4.30. The second kappa shape index (κ2) is 6.42. The molecule has 6 rings (SSSR count). The second-order valence-corrected chi connectivity index (χ2v) is 8.94. The maximum absolute atomic E-state index is 13.4. The van der Waals surface area contributed by atoms with Gasteiger partial charge in [0.15, 0.2) is 5.60 Å². The normalized spacial score (nSPS) is 22.8. The van der Waals surface area contributed by atoms with Crippen LogP contribution in [-0.2, 0) is 41.1 Å². The molecule has 0 spiro atoms. The highest BCUT2D eigenvalue weighted by atomic mass is 16.6. The maximum Gasteiger partial charge on any atom is 0.343 e. The molecule has 3 aromatic rings. The zero-order chi connectivity index (χ0) is 22.4. The minimum absolute atomic E-state index is 0.120. The summed E-state index contributed by atoms with van der Waals surface area (Å²) in [6, 6.07) is 5.72. The number of aliphatic hydroxyl groups is 1. The molecule has 0 saturated heterocycles. The van der Waals surface area contributed by atoms with Crippen molar-refractivity contribution in [2.24, 2.45) is 0 Å². The van der Waals surface area contributed by atoms with Gasteiger partial charge >= 0.3 is 5.97 Å². The van der Waals surface area contributed by atoms with E-state index in [-0.39, 0.29) is 24.7 Å². The molecular formula is C25H24N2O5. The molecule has 5 heterocycles. The smallest absolute Gasteiger partial charge is 0.343 e. The van der Waals surface area contributed by atoms with Crippen molar-refractivity contribution in [1.29, 1.82) is 0 Å². The largest absolute Gasteiger partial charge is 0.490 e. The molecule has 2 atom stereocenters. The number of aromatic nitrogens is 2. The van der Waals surface area contributed by atoms with Crippen molar-refractivity contribution >= 4 is 16.9 Å². The first-order valence-corrected chi connectivity index (χ1v) is 11.2. The third kappa shape index (κ3) is 2.32. The van der Waals surface area contributed by atoms with E-state index < -0.39 is 11.6 Å². The lowest BCUT2D eigenvalue weighted by Gasteiger charge is -2.31. The van der Waals surface area contributed by atoms with Crippen molar-refractivity contribution in [2.75, 3.05) is 0 Å². The van der Waals surface area contributed by atoms with E-state index in [4.69, 9.17) is 14.5 Å². The van der Waals surface area contributed by atoms with E-state index in [1.54, 1.807) is 17.6 Å². The molecule has 0 bridgehead atoms. The lowest BCUT2D eigenvalue weighted by molar-refractivity contribution is -0.172. The van der Waals surface area contributed by atoms with Crippen LogP contribution in [0.1, 0.15) is 55.0 Å². The van der Waals surface area contributed by atoms with E-state index in [9.17, 15) is 14.7 Å². The molecule has 0 radical (unpaired) electrons. The van der Waals surface area contributed by atoms with E-state index >= 15 is 0 Å². The Hall–Kier alpha value is -3.19. The fourth-order valence-electron chi connectivity index (χ4n) is 5.57.